The van der Waals surface area contributed by atoms with Crippen LogP contribution in [0.1, 0.15) is 11.1 Å². The van der Waals surface area contributed by atoms with Gasteiger partial charge in [-0.25, -0.2) is 0 Å². The van der Waals surface area contributed by atoms with E-state index in [9.17, 15) is 4.79 Å². The predicted octanol–water partition coefficient (Wildman–Crippen LogP) is 4.63. The SMILES string of the molecule is Cc1cc(NC(=O)CSCc2ccccc2)ccc1Br. The molecule has 4 heteroatoms. The van der Waals surface area contributed by atoms with Crippen LogP contribution in [0.15, 0.2) is 53.0 Å². The molecule has 2 aromatic rings. The molecule has 0 spiro atoms. The number of nitrogens with one attached hydrogen (secondary N) is 1. The van der Waals surface area contributed by atoms with Gasteiger partial charge in [0.05, 0.1) is 5.75 Å². The van der Waals surface area contributed by atoms with Crippen LogP contribution in [-0.4, -0.2) is 11.7 Å². The van der Waals surface area contributed by atoms with Crippen LogP contribution in [0.4, 0.5) is 5.69 Å². The van der Waals surface area contributed by atoms with Crippen molar-refractivity contribution in [2.24, 2.45) is 0 Å². The lowest BCUT2D eigenvalue weighted by molar-refractivity contribution is -0.113. The predicted molar refractivity (Wildman–Crippen MR) is 90.1 cm³/mol. The molecular formula is C16H16BrNOS. The minimum atomic E-state index is 0.0349. The number of carbonyl (C=O) groups is 1. The topological polar surface area (TPSA) is 29.1 Å². The normalized spacial score (nSPS) is 10.3. The molecule has 0 bridgehead atoms. The van der Waals surface area contributed by atoms with Gasteiger partial charge in [-0.05, 0) is 36.2 Å². The fourth-order valence-corrected chi connectivity index (χ4v) is 2.79. The Hall–Kier alpha value is -1.26. The molecule has 1 N–H and O–H groups in total. The number of halogens is 1. The number of rotatable bonds is 5. The van der Waals surface area contributed by atoms with Crippen LogP contribution in [0.3, 0.4) is 0 Å². The Kier molecular flexibility index (Phi) is 5.68. The van der Waals surface area contributed by atoms with Crippen molar-refractivity contribution in [2.75, 3.05) is 11.1 Å². The standard InChI is InChI=1S/C16H16BrNOS/c1-12-9-14(7-8-15(12)17)18-16(19)11-20-10-13-5-3-2-4-6-13/h2-9H,10-11H2,1H3,(H,18,19). The van der Waals surface area contributed by atoms with Gasteiger partial charge in [-0.15, -0.1) is 11.8 Å². The summed E-state index contributed by atoms with van der Waals surface area (Å²) in [6, 6.07) is 16.0. The zero-order chi connectivity index (χ0) is 14.4. The molecule has 0 aliphatic rings. The highest BCUT2D eigenvalue weighted by Gasteiger charge is 2.04. The van der Waals surface area contributed by atoms with Gasteiger partial charge in [0.15, 0.2) is 0 Å². The summed E-state index contributed by atoms with van der Waals surface area (Å²) in [6.07, 6.45) is 0. The van der Waals surface area contributed by atoms with Gasteiger partial charge in [0, 0.05) is 15.9 Å². The van der Waals surface area contributed by atoms with Crippen LogP contribution in [0, 0.1) is 6.92 Å². The number of aryl methyl sites for hydroxylation is 1. The largest absolute Gasteiger partial charge is 0.325 e. The van der Waals surface area contributed by atoms with Gasteiger partial charge in [-0.3, -0.25) is 4.79 Å². The molecular weight excluding hydrogens is 334 g/mol. The second-order valence-electron chi connectivity index (χ2n) is 4.49. The van der Waals surface area contributed by atoms with E-state index >= 15 is 0 Å². The molecule has 0 saturated carbocycles. The summed E-state index contributed by atoms with van der Waals surface area (Å²) >= 11 is 5.07. The van der Waals surface area contributed by atoms with E-state index in [0.29, 0.717) is 5.75 Å². The lowest BCUT2D eigenvalue weighted by Crippen LogP contribution is -2.14. The number of carbonyl (C=O) groups excluding carboxylic acids is 1. The van der Waals surface area contributed by atoms with Crippen LogP contribution in [0.5, 0.6) is 0 Å². The van der Waals surface area contributed by atoms with E-state index in [-0.39, 0.29) is 5.91 Å². The molecule has 104 valence electrons. The average Bonchev–Trinajstić information content (AvgIpc) is 2.44. The van der Waals surface area contributed by atoms with Crippen molar-refractivity contribution in [1.29, 1.82) is 0 Å². The summed E-state index contributed by atoms with van der Waals surface area (Å²) < 4.78 is 1.05. The van der Waals surface area contributed by atoms with Gasteiger partial charge in [-0.2, -0.15) is 0 Å². The van der Waals surface area contributed by atoms with Crippen molar-refractivity contribution >= 4 is 39.3 Å². The van der Waals surface area contributed by atoms with Gasteiger partial charge in [-0.1, -0.05) is 46.3 Å². The highest BCUT2D eigenvalue weighted by atomic mass is 79.9. The number of amides is 1. The fraction of sp³-hybridized carbons (Fsp3) is 0.188. The Bertz CT molecular complexity index is 586. The lowest BCUT2D eigenvalue weighted by Gasteiger charge is -2.07. The van der Waals surface area contributed by atoms with Crippen LogP contribution in [0.25, 0.3) is 0 Å². The molecule has 2 nitrogen and oxygen atoms in total. The van der Waals surface area contributed by atoms with Gasteiger partial charge in [0.1, 0.15) is 0 Å². The molecule has 0 fully saturated rings. The van der Waals surface area contributed by atoms with Crippen LogP contribution < -0.4 is 5.32 Å². The Balaban J connectivity index is 1.79. The third-order valence-electron chi connectivity index (χ3n) is 2.79. The number of hydrogen-bond donors (Lipinski definition) is 1. The number of benzene rings is 2. The minimum absolute atomic E-state index is 0.0349. The lowest BCUT2D eigenvalue weighted by atomic mass is 10.2. The van der Waals surface area contributed by atoms with Crippen molar-refractivity contribution in [3.63, 3.8) is 0 Å². The third-order valence-corrected chi connectivity index (χ3v) is 4.68. The molecule has 20 heavy (non-hydrogen) atoms. The van der Waals surface area contributed by atoms with Crippen LogP contribution in [0.2, 0.25) is 0 Å². The van der Waals surface area contributed by atoms with Crippen molar-refractivity contribution in [3.05, 3.63) is 64.1 Å². The minimum Gasteiger partial charge on any atom is -0.325 e. The van der Waals surface area contributed by atoms with E-state index in [2.05, 4.69) is 33.4 Å². The Morgan fingerprint density at radius 1 is 1.20 bits per heavy atom. The third kappa shape index (κ3) is 4.69. The summed E-state index contributed by atoms with van der Waals surface area (Å²) in [5, 5.41) is 2.92. The summed E-state index contributed by atoms with van der Waals surface area (Å²) in [7, 11) is 0. The van der Waals surface area contributed by atoms with Crippen molar-refractivity contribution in [2.45, 2.75) is 12.7 Å². The van der Waals surface area contributed by atoms with E-state index in [1.807, 2.05) is 43.3 Å². The molecule has 0 heterocycles. The van der Waals surface area contributed by atoms with Crippen LogP contribution in [-0.2, 0) is 10.5 Å². The Labute approximate surface area is 132 Å². The fourth-order valence-electron chi connectivity index (χ4n) is 1.76. The maximum atomic E-state index is 11.9. The van der Waals surface area contributed by atoms with Crippen LogP contribution >= 0.6 is 27.7 Å². The van der Waals surface area contributed by atoms with Crippen molar-refractivity contribution in [3.8, 4) is 0 Å². The molecule has 2 rings (SSSR count). The van der Waals surface area contributed by atoms with Gasteiger partial charge in [0.2, 0.25) is 5.91 Å². The molecule has 0 saturated heterocycles. The van der Waals surface area contributed by atoms with E-state index in [1.165, 1.54) is 5.56 Å². The first-order chi connectivity index (χ1) is 9.65. The first kappa shape index (κ1) is 15.1. The molecule has 0 aliphatic carbocycles. The van der Waals surface area contributed by atoms with E-state index in [4.69, 9.17) is 0 Å². The molecule has 0 unspecified atom stereocenters. The molecule has 0 radical (unpaired) electrons. The zero-order valence-electron chi connectivity index (χ0n) is 11.2. The van der Waals surface area contributed by atoms with E-state index < -0.39 is 0 Å². The molecule has 1 amide bonds. The monoisotopic (exact) mass is 349 g/mol. The quantitative estimate of drug-likeness (QED) is 0.852. The maximum absolute atomic E-state index is 11.9. The zero-order valence-corrected chi connectivity index (χ0v) is 13.6. The smallest absolute Gasteiger partial charge is 0.234 e. The van der Waals surface area contributed by atoms with Gasteiger partial charge in [0.25, 0.3) is 0 Å². The number of hydrogen-bond acceptors (Lipinski definition) is 2. The summed E-state index contributed by atoms with van der Waals surface area (Å²) in [5.74, 6) is 1.35. The van der Waals surface area contributed by atoms with E-state index in [1.54, 1.807) is 11.8 Å². The Morgan fingerprint density at radius 3 is 2.65 bits per heavy atom. The first-order valence-electron chi connectivity index (χ1n) is 6.33. The van der Waals surface area contributed by atoms with Crippen molar-refractivity contribution < 1.29 is 4.79 Å². The highest BCUT2D eigenvalue weighted by Crippen LogP contribution is 2.20. The second-order valence-corrected chi connectivity index (χ2v) is 6.33. The number of thioether (sulfide) groups is 1. The number of anilines is 1. The second kappa shape index (κ2) is 7.50. The van der Waals surface area contributed by atoms with E-state index in [0.717, 1.165) is 21.5 Å². The maximum Gasteiger partial charge on any atom is 0.234 e. The molecule has 2 aromatic carbocycles. The van der Waals surface area contributed by atoms with Crippen molar-refractivity contribution in [1.82, 2.24) is 0 Å². The summed E-state index contributed by atoms with van der Waals surface area (Å²) in [6.45, 7) is 2.00. The Morgan fingerprint density at radius 2 is 1.95 bits per heavy atom. The average molecular weight is 350 g/mol. The highest BCUT2D eigenvalue weighted by molar-refractivity contribution is 9.10. The molecule has 0 aliphatic heterocycles. The molecule has 0 atom stereocenters. The summed E-state index contributed by atoms with van der Waals surface area (Å²) in [4.78, 5) is 11.9. The first-order valence-corrected chi connectivity index (χ1v) is 8.27. The van der Waals surface area contributed by atoms with Gasteiger partial charge >= 0.3 is 0 Å². The summed E-state index contributed by atoms with van der Waals surface area (Å²) in [5.41, 5.74) is 3.19. The molecule has 0 aromatic heterocycles. The van der Waals surface area contributed by atoms with Gasteiger partial charge < -0.3 is 5.32 Å².